The van der Waals surface area contributed by atoms with Crippen molar-refractivity contribution in [3.63, 3.8) is 0 Å². The number of ether oxygens (including phenoxy) is 1. The summed E-state index contributed by atoms with van der Waals surface area (Å²) in [6, 6.07) is 14.6. The molecule has 2 aromatic carbocycles. The summed E-state index contributed by atoms with van der Waals surface area (Å²) in [4.78, 5) is 26.3. The fraction of sp³-hybridized carbons (Fsp3) is 0.111. The van der Waals surface area contributed by atoms with Crippen LogP contribution in [0.15, 0.2) is 53.4 Å². The van der Waals surface area contributed by atoms with Crippen LogP contribution in [0, 0.1) is 6.92 Å². The summed E-state index contributed by atoms with van der Waals surface area (Å²) in [7, 11) is 1.62. The second kappa shape index (κ2) is 6.30. The van der Waals surface area contributed by atoms with E-state index in [-0.39, 0.29) is 11.1 Å². The lowest BCUT2D eigenvalue weighted by molar-refractivity contribution is -0.113. The molecule has 5 heteroatoms. The first kappa shape index (κ1) is 15.4. The van der Waals surface area contributed by atoms with E-state index in [0.717, 1.165) is 28.6 Å². The maximum atomic E-state index is 12.5. The molecule has 0 N–H and O–H groups in total. The van der Waals surface area contributed by atoms with Gasteiger partial charge in [0, 0.05) is 0 Å². The molecule has 1 aliphatic heterocycles. The molecule has 0 spiro atoms. The Morgan fingerprint density at radius 1 is 1.09 bits per heavy atom. The van der Waals surface area contributed by atoms with Gasteiger partial charge in [-0.15, -0.1) is 0 Å². The monoisotopic (exact) mass is 325 g/mol. The Hall–Kier alpha value is -2.53. The Kier molecular flexibility index (Phi) is 4.21. The molecule has 1 fully saturated rings. The van der Waals surface area contributed by atoms with Crippen LogP contribution in [0.3, 0.4) is 0 Å². The molecule has 3 rings (SSSR count). The zero-order chi connectivity index (χ0) is 16.4. The van der Waals surface area contributed by atoms with Gasteiger partial charge in [0.05, 0.1) is 17.7 Å². The first-order chi connectivity index (χ1) is 11.1. The van der Waals surface area contributed by atoms with Gasteiger partial charge in [-0.05, 0) is 60.2 Å². The van der Waals surface area contributed by atoms with Crippen molar-refractivity contribution >= 4 is 34.7 Å². The van der Waals surface area contributed by atoms with Crippen LogP contribution in [0.4, 0.5) is 10.5 Å². The van der Waals surface area contributed by atoms with Gasteiger partial charge in [-0.2, -0.15) is 0 Å². The molecular weight excluding hydrogens is 310 g/mol. The van der Waals surface area contributed by atoms with Crippen molar-refractivity contribution in [3.05, 3.63) is 64.6 Å². The number of carbonyl (C=O) groups is 2. The molecule has 0 radical (unpaired) electrons. The highest BCUT2D eigenvalue weighted by molar-refractivity contribution is 8.19. The number of rotatable bonds is 3. The molecule has 0 aromatic heterocycles. The summed E-state index contributed by atoms with van der Waals surface area (Å²) >= 11 is 0.955. The molecule has 0 atom stereocenters. The number of benzene rings is 2. The van der Waals surface area contributed by atoms with E-state index in [1.807, 2.05) is 31.2 Å². The van der Waals surface area contributed by atoms with Gasteiger partial charge in [-0.1, -0.05) is 24.3 Å². The van der Waals surface area contributed by atoms with Crippen LogP contribution in [0.5, 0.6) is 5.75 Å². The van der Waals surface area contributed by atoms with E-state index in [2.05, 4.69) is 0 Å². The lowest BCUT2D eigenvalue weighted by Crippen LogP contribution is -2.27. The minimum atomic E-state index is -0.292. The number of thioether (sulfide) groups is 1. The maximum Gasteiger partial charge on any atom is 0.298 e. The van der Waals surface area contributed by atoms with Gasteiger partial charge in [-0.25, -0.2) is 4.90 Å². The number of para-hydroxylation sites is 1. The summed E-state index contributed by atoms with van der Waals surface area (Å²) in [5.41, 5.74) is 2.43. The molecule has 0 saturated carbocycles. The van der Waals surface area contributed by atoms with E-state index in [0.29, 0.717) is 10.6 Å². The highest BCUT2D eigenvalue weighted by atomic mass is 32.2. The van der Waals surface area contributed by atoms with Crippen molar-refractivity contribution in [2.45, 2.75) is 6.92 Å². The number of nitrogens with zero attached hydrogens (tertiary/aromatic N) is 1. The largest absolute Gasteiger partial charge is 0.496 e. The second-order valence-corrected chi connectivity index (χ2v) is 6.07. The van der Waals surface area contributed by atoms with E-state index < -0.39 is 0 Å². The first-order valence-electron chi connectivity index (χ1n) is 7.08. The second-order valence-electron chi connectivity index (χ2n) is 5.08. The fourth-order valence-corrected chi connectivity index (χ4v) is 3.25. The zero-order valence-electron chi connectivity index (χ0n) is 12.8. The number of aryl methyl sites for hydroxylation is 1. The number of anilines is 1. The molecule has 0 aliphatic carbocycles. The molecule has 0 bridgehead atoms. The van der Waals surface area contributed by atoms with Gasteiger partial charge in [0.2, 0.25) is 0 Å². The van der Waals surface area contributed by atoms with Gasteiger partial charge in [-0.3, -0.25) is 9.59 Å². The predicted molar refractivity (Wildman–Crippen MR) is 92.6 cm³/mol. The highest BCUT2D eigenvalue weighted by Crippen LogP contribution is 2.35. The standard InChI is InChI=1S/C18H15NO3S/c1-12-10-13(8-9-15(12)22-2)11-16-17(20)19(18(21)23-16)14-6-4-3-5-7-14/h3-11H,1-2H3. The Morgan fingerprint density at radius 2 is 1.83 bits per heavy atom. The summed E-state index contributed by atoms with van der Waals surface area (Å²) in [5, 5.41) is -0.280. The van der Waals surface area contributed by atoms with Crippen LogP contribution in [-0.2, 0) is 4.79 Å². The van der Waals surface area contributed by atoms with Crippen LogP contribution in [-0.4, -0.2) is 18.3 Å². The molecule has 23 heavy (non-hydrogen) atoms. The van der Waals surface area contributed by atoms with Crippen molar-refractivity contribution in [1.29, 1.82) is 0 Å². The highest BCUT2D eigenvalue weighted by Gasteiger charge is 2.36. The van der Waals surface area contributed by atoms with Crippen molar-refractivity contribution < 1.29 is 14.3 Å². The Bertz CT molecular complexity index is 799. The lowest BCUT2D eigenvalue weighted by atomic mass is 10.1. The zero-order valence-corrected chi connectivity index (χ0v) is 13.6. The van der Waals surface area contributed by atoms with Crippen LogP contribution >= 0.6 is 11.8 Å². The molecule has 1 saturated heterocycles. The van der Waals surface area contributed by atoms with Crippen LogP contribution in [0.2, 0.25) is 0 Å². The average molecular weight is 325 g/mol. The third kappa shape index (κ3) is 3.00. The number of carbonyl (C=O) groups excluding carboxylic acids is 2. The topological polar surface area (TPSA) is 46.6 Å². The first-order valence-corrected chi connectivity index (χ1v) is 7.89. The summed E-state index contributed by atoms with van der Waals surface area (Å²) in [5.74, 6) is 0.499. The third-order valence-electron chi connectivity index (χ3n) is 3.52. The van der Waals surface area contributed by atoms with Gasteiger partial charge in [0.1, 0.15) is 5.75 Å². The van der Waals surface area contributed by atoms with Crippen molar-refractivity contribution in [3.8, 4) is 5.75 Å². The Labute approximate surface area is 138 Å². The minimum absolute atomic E-state index is 0.280. The number of hydrogen-bond acceptors (Lipinski definition) is 4. The summed E-state index contributed by atoms with van der Waals surface area (Å²) in [6.45, 7) is 1.94. The quantitative estimate of drug-likeness (QED) is 0.792. The third-order valence-corrected chi connectivity index (χ3v) is 4.39. The predicted octanol–water partition coefficient (Wildman–Crippen LogP) is 4.24. The van der Waals surface area contributed by atoms with Gasteiger partial charge in [0.25, 0.3) is 11.1 Å². The van der Waals surface area contributed by atoms with E-state index in [9.17, 15) is 9.59 Å². The Balaban J connectivity index is 1.91. The normalized spacial score (nSPS) is 16.3. The maximum absolute atomic E-state index is 12.5. The number of amides is 2. The molecular formula is C18H15NO3S. The number of hydrogen-bond donors (Lipinski definition) is 0. The Morgan fingerprint density at radius 3 is 2.48 bits per heavy atom. The van der Waals surface area contributed by atoms with E-state index in [4.69, 9.17) is 4.74 Å². The summed E-state index contributed by atoms with van der Waals surface area (Å²) < 4.78 is 5.23. The van der Waals surface area contributed by atoms with Gasteiger partial charge >= 0.3 is 0 Å². The van der Waals surface area contributed by atoms with Crippen molar-refractivity contribution in [2.75, 3.05) is 12.0 Å². The van der Waals surface area contributed by atoms with E-state index >= 15 is 0 Å². The van der Waals surface area contributed by atoms with Crippen molar-refractivity contribution in [1.82, 2.24) is 0 Å². The molecule has 0 unspecified atom stereocenters. The van der Waals surface area contributed by atoms with Crippen molar-refractivity contribution in [2.24, 2.45) is 0 Å². The van der Waals surface area contributed by atoms with Crippen LogP contribution in [0.25, 0.3) is 6.08 Å². The minimum Gasteiger partial charge on any atom is -0.496 e. The SMILES string of the molecule is COc1ccc(C=C2SC(=O)N(c3ccccc3)C2=O)cc1C. The average Bonchev–Trinajstić information content (AvgIpc) is 2.82. The van der Waals surface area contributed by atoms with Gasteiger partial charge in [0.15, 0.2) is 0 Å². The molecule has 4 nitrogen and oxygen atoms in total. The van der Waals surface area contributed by atoms with E-state index in [1.54, 1.807) is 37.5 Å². The van der Waals surface area contributed by atoms with E-state index in [1.165, 1.54) is 4.90 Å². The molecule has 116 valence electrons. The summed E-state index contributed by atoms with van der Waals surface area (Å²) in [6.07, 6.45) is 1.74. The number of methoxy groups -OCH3 is 1. The fourth-order valence-electron chi connectivity index (χ4n) is 2.41. The smallest absolute Gasteiger partial charge is 0.298 e. The van der Waals surface area contributed by atoms with Crippen LogP contribution in [0.1, 0.15) is 11.1 Å². The molecule has 1 aliphatic rings. The molecule has 2 aromatic rings. The van der Waals surface area contributed by atoms with Crippen LogP contribution < -0.4 is 9.64 Å². The number of imide groups is 1. The molecule has 2 amide bonds. The van der Waals surface area contributed by atoms with Gasteiger partial charge < -0.3 is 4.74 Å². The lowest BCUT2D eigenvalue weighted by Gasteiger charge is -2.11. The molecule has 1 heterocycles.